The molecule has 3 atom stereocenters. The molecule has 0 amide bonds. The highest BCUT2D eigenvalue weighted by atomic mass is 32.2. The van der Waals surface area contributed by atoms with E-state index < -0.39 is 0 Å². The molecule has 94 valence electrons. The first-order valence-corrected chi connectivity index (χ1v) is 6.46. The van der Waals surface area contributed by atoms with Crippen molar-refractivity contribution in [3.8, 4) is 0 Å². The van der Waals surface area contributed by atoms with Crippen molar-refractivity contribution < 1.29 is 9.59 Å². The van der Waals surface area contributed by atoms with Gasteiger partial charge in [-0.15, -0.1) is 0 Å². The van der Waals surface area contributed by atoms with Crippen LogP contribution in [0.25, 0.3) is 0 Å². The van der Waals surface area contributed by atoms with E-state index in [-0.39, 0.29) is 28.9 Å². The highest BCUT2D eigenvalue weighted by Gasteiger charge is 2.22. The van der Waals surface area contributed by atoms with Crippen LogP contribution >= 0.6 is 11.8 Å². The third-order valence-electron chi connectivity index (χ3n) is 2.58. The molecule has 0 aliphatic heterocycles. The van der Waals surface area contributed by atoms with Crippen LogP contribution in [0.1, 0.15) is 20.8 Å². The van der Waals surface area contributed by atoms with Crippen molar-refractivity contribution in [3.05, 3.63) is 0 Å². The number of Topliss-reactive ketones (excluding diaryl/α,β-unsaturated/α-hetero) is 2. The van der Waals surface area contributed by atoms with Crippen LogP contribution in [-0.2, 0) is 9.59 Å². The Hall–Kier alpha value is -0.390. The number of thioether (sulfide) groups is 1. The van der Waals surface area contributed by atoms with Gasteiger partial charge in [0.2, 0.25) is 0 Å². The standard InChI is InChI=1S/C11H22N2O2S/c1-7(14)10(12-4)6-16-9(3)11(13-5)8(2)15/h9-13H,6H2,1-5H3. The molecular weight excluding hydrogens is 224 g/mol. The summed E-state index contributed by atoms with van der Waals surface area (Å²) in [6, 6.07) is -0.272. The van der Waals surface area contributed by atoms with E-state index in [4.69, 9.17) is 0 Å². The van der Waals surface area contributed by atoms with Gasteiger partial charge < -0.3 is 10.6 Å². The third kappa shape index (κ3) is 5.09. The zero-order valence-electron chi connectivity index (χ0n) is 10.7. The average molecular weight is 246 g/mol. The monoisotopic (exact) mass is 246 g/mol. The molecule has 0 aromatic rings. The Balaban J connectivity index is 4.18. The zero-order valence-corrected chi connectivity index (χ0v) is 11.5. The minimum Gasteiger partial charge on any atom is -0.310 e. The number of hydrogen-bond acceptors (Lipinski definition) is 5. The van der Waals surface area contributed by atoms with Crippen molar-refractivity contribution in [2.75, 3.05) is 19.8 Å². The molecule has 0 aromatic heterocycles. The minimum absolute atomic E-state index is 0.128. The molecule has 0 rings (SSSR count). The maximum absolute atomic E-state index is 11.3. The number of carbonyl (C=O) groups excluding carboxylic acids is 2. The van der Waals surface area contributed by atoms with Gasteiger partial charge in [0, 0.05) is 11.0 Å². The van der Waals surface area contributed by atoms with Crippen molar-refractivity contribution in [1.82, 2.24) is 10.6 Å². The maximum atomic E-state index is 11.3. The van der Waals surface area contributed by atoms with Crippen LogP contribution in [0.2, 0.25) is 0 Å². The van der Waals surface area contributed by atoms with Gasteiger partial charge in [-0.1, -0.05) is 6.92 Å². The second-order valence-corrected chi connectivity index (χ2v) is 5.28. The maximum Gasteiger partial charge on any atom is 0.147 e. The number of likely N-dealkylation sites (N-methyl/N-ethyl adjacent to an activating group) is 2. The number of rotatable bonds is 8. The summed E-state index contributed by atoms with van der Waals surface area (Å²) in [5, 5.41) is 6.13. The van der Waals surface area contributed by atoms with E-state index in [1.54, 1.807) is 39.7 Å². The summed E-state index contributed by atoms with van der Waals surface area (Å²) in [7, 11) is 3.56. The van der Waals surface area contributed by atoms with Crippen molar-refractivity contribution in [2.45, 2.75) is 38.1 Å². The summed E-state index contributed by atoms with van der Waals surface area (Å²) in [5.41, 5.74) is 0. The van der Waals surface area contributed by atoms with Crippen LogP contribution in [0.4, 0.5) is 0 Å². The van der Waals surface area contributed by atoms with Crippen molar-refractivity contribution in [3.63, 3.8) is 0 Å². The molecule has 0 heterocycles. The van der Waals surface area contributed by atoms with Gasteiger partial charge in [-0.05, 0) is 27.9 Å². The molecule has 0 radical (unpaired) electrons. The molecule has 5 heteroatoms. The lowest BCUT2D eigenvalue weighted by molar-refractivity contribution is -0.119. The summed E-state index contributed by atoms with van der Waals surface area (Å²) < 4.78 is 0. The number of carbonyl (C=O) groups is 2. The van der Waals surface area contributed by atoms with E-state index in [0.29, 0.717) is 5.75 Å². The lowest BCUT2D eigenvalue weighted by Gasteiger charge is -2.22. The SMILES string of the molecule is CNC(CSC(C)C(NC)C(C)=O)C(C)=O. The Bertz CT molecular complexity index is 246. The fourth-order valence-electron chi connectivity index (χ4n) is 1.52. The molecule has 0 saturated carbocycles. The van der Waals surface area contributed by atoms with E-state index in [9.17, 15) is 9.59 Å². The number of hydrogen-bond donors (Lipinski definition) is 2. The summed E-state index contributed by atoms with van der Waals surface area (Å²) in [6.07, 6.45) is 0. The van der Waals surface area contributed by atoms with E-state index in [0.717, 1.165) is 0 Å². The van der Waals surface area contributed by atoms with E-state index in [1.165, 1.54) is 0 Å². The van der Waals surface area contributed by atoms with E-state index in [2.05, 4.69) is 10.6 Å². The quantitative estimate of drug-likeness (QED) is 0.652. The summed E-state index contributed by atoms with van der Waals surface area (Å²) in [5.74, 6) is 0.954. The number of ketones is 2. The zero-order chi connectivity index (χ0) is 12.7. The highest BCUT2D eigenvalue weighted by molar-refractivity contribution is 8.00. The smallest absolute Gasteiger partial charge is 0.147 e. The Kier molecular flexibility index (Phi) is 7.62. The molecule has 2 N–H and O–H groups in total. The molecule has 4 nitrogen and oxygen atoms in total. The third-order valence-corrected chi connectivity index (χ3v) is 3.91. The Morgan fingerprint density at radius 2 is 1.69 bits per heavy atom. The van der Waals surface area contributed by atoms with Crippen molar-refractivity contribution >= 4 is 23.3 Å². The Morgan fingerprint density at radius 1 is 1.12 bits per heavy atom. The minimum atomic E-state index is -0.144. The molecule has 3 unspecified atom stereocenters. The molecule has 0 aliphatic carbocycles. The van der Waals surface area contributed by atoms with Gasteiger partial charge in [-0.25, -0.2) is 0 Å². The van der Waals surface area contributed by atoms with E-state index >= 15 is 0 Å². The Labute approximate surface area is 102 Å². The van der Waals surface area contributed by atoms with Crippen LogP contribution in [-0.4, -0.2) is 48.7 Å². The van der Waals surface area contributed by atoms with E-state index in [1.807, 2.05) is 6.92 Å². The first-order chi connectivity index (χ1) is 7.43. The second kappa shape index (κ2) is 7.81. The summed E-state index contributed by atoms with van der Waals surface area (Å²) in [6.45, 7) is 5.16. The molecule has 0 bridgehead atoms. The predicted octanol–water partition coefficient (Wildman–Crippen LogP) is 0.462. The lowest BCUT2D eigenvalue weighted by Crippen LogP contribution is -2.42. The van der Waals surface area contributed by atoms with Gasteiger partial charge in [0.05, 0.1) is 12.1 Å². The topological polar surface area (TPSA) is 58.2 Å². The average Bonchev–Trinajstić information content (AvgIpc) is 2.18. The van der Waals surface area contributed by atoms with Gasteiger partial charge in [0.25, 0.3) is 0 Å². The molecule has 16 heavy (non-hydrogen) atoms. The van der Waals surface area contributed by atoms with Crippen LogP contribution in [0.15, 0.2) is 0 Å². The first kappa shape index (κ1) is 15.6. The number of nitrogens with one attached hydrogen (secondary N) is 2. The molecular formula is C11H22N2O2S. The predicted molar refractivity (Wildman–Crippen MR) is 69.0 cm³/mol. The van der Waals surface area contributed by atoms with Crippen LogP contribution in [0.3, 0.4) is 0 Å². The molecule has 0 fully saturated rings. The lowest BCUT2D eigenvalue weighted by atomic mass is 10.1. The molecule has 0 saturated heterocycles. The second-order valence-electron chi connectivity index (χ2n) is 3.87. The Morgan fingerprint density at radius 3 is 2.00 bits per heavy atom. The van der Waals surface area contributed by atoms with Gasteiger partial charge in [0.1, 0.15) is 11.6 Å². The first-order valence-electron chi connectivity index (χ1n) is 5.41. The summed E-state index contributed by atoms with van der Waals surface area (Å²) >= 11 is 1.63. The molecule has 0 aliphatic rings. The fraction of sp³-hybridized carbons (Fsp3) is 0.818. The van der Waals surface area contributed by atoms with Crippen LogP contribution in [0.5, 0.6) is 0 Å². The van der Waals surface area contributed by atoms with Gasteiger partial charge in [-0.3, -0.25) is 9.59 Å². The highest BCUT2D eigenvalue weighted by Crippen LogP contribution is 2.16. The molecule has 0 spiro atoms. The van der Waals surface area contributed by atoms with Crippen LogP contribution in [0, 0.1) is 0 Å². The van der Waals surface area contributed by atoms with Gasteiger partial charge in [-0.2, -0.15) is 11.8 Å². The van der Waals surface area contributed by atoms with Crippen molar-refractivity contribution in [1.29, 1.82) is 0 Å². The summed E-state index contributed by atoms with van der Waals surface area (Å²) in [4.78, 5) is 22.5. The normalized spacial score (nSPS) is 16.6. The van der Waals surface area contributed by atoms with Gasteiger partial charge in [0.15, 0.2) is 0 Å². The fourth-order valence-corrected chi connectivity index (χ4v) is 2.93. The molecule has 0 aromatic carbocycles. The van der Waals surface area contributed by atoms with Crippen molar-refractivity contribution in [2.24, 2.45) is 0 Å². The van der Waals surface area contributed by atoms with Crippen LogP contribution < -0.4 is 10.6 Å². The van der Waals surface area contributed by atoms with Gasteiger partial charge >= 0.3 is 0 Å². The largest absolute Gasteiger partial charge is 0.310 e.